The zero-order valence-corrected chi connectivity index (χ0v) is 12.0. The van der Waals surface area contributed by atoms with E-state index < -0.39 is 0 Å². The third kappa shape index (κ3) is 4.24. The molecule has 0 aromatic heterocycles. The van der Waals surface area contributed by atoms with Crippen LogP contribution in [-0.4, -0.2) is 50.3 Å². The van der Waals surface area contributed by atoms with Gasteiger partial charge in [0.1, 0.15) is 5.54 Å². The number of hydrogen-bond acceptors (Lipinski definition) is 4. The first-order valence-electron chi connectivity index (χ1n) is 7.10. The third-order valence-corrected chi connectivity index (χ3v) is 3.70. The summed E-state index contributed by atoms with van der Waals surface area (Å²) in [6.07, 6.45) is 3.44. The summed E-state index contributed by atoms with van der Waals surface area (Å²) in [7, 11) is 1.72. The van der Waals surface area contributed by atoms with Crippen LogP contribution in [0.25, 0.3) is 0 Å². The Morgan fingerprint density at radius 1 is 1.44 bits per heavy atom. The Hall–Kier alpha value is -0.630. The summed E-state index contributed by atoms with van der Waals surface area (Å²) < 4.78 is 5.13. The van der Waals surface area contributed by atoms with Crippen molar-refractivity contribution in [3.8, 4) is 6.07 Å². The van der Waals surface area contributed by atoms with Crippen molar-refractivity contribution in [2.75, 3.05) is 39.9 Å². The molecule has 1 aliphatic carbocycles. The van der Waals surface area contributed by atoms with E-state index in [1.54, 1.807) is 7.11 Å². The quantitative estimate of drug-likeness (QED) is 0.643. The number of nitriles is 1. The topological polar surface area (TPSA) is 48.3 Å². The first kappa shape index (κ1) is 15.4. The van der Waals surface area contributed by atoms with Crippen molar-refractivity contribution in [2.45, 2.75) is 38.6 Å². The van der Waals surface area contributed by atoms with Crippen molar-refractivity contribution in [3.05, 3.63) is 0 Å². The molecule has 1 unspecified atom stereocenters. The maximum Gasteiger partial charge on any atom is 0.122 e. The molecule has 0 heterocycles. The Kier molecular flexibility index (Phi) is 6.62. The van der Waals surface area contributed by atoms with Crippen LogP contribution in [0.3, 0.4) is 0 Å². The summed E-state index contributed by atoms with van der Waals surface area (Å²) in [4.78, 5) is 2.31. The molecular weight excluding hydrogens is 226 g/mol. The van der Waals surface area contributed by atoms with Gasteiger partial charge in [-0.25, -0.2) is 0 Å². The van der Waals surface area contributed by atoms with Crippen LogP contribution in [0.1, 0.15) is 33.1 Å². The molecular formula is C14H27N3O. The van der Waals surface area contributed by atoms with E-state index >= 15 is 0 Å². The minimum atomic E-state index is -0.347. The normalized spacial score (nSPS) is 18.6. The molecule has 0 saturated heterocycles. The predicted octanol–water partition coefficient (Wildman–Crippen LogP) is 1.63. The van der Waals surface area contributed by atoms with E-state index in [9.17, 15) is 5.26 Å². The van der Waals surface area contributed by atoms with E-state index in [4.69, 9.17) is 4.74 Å². The molecule has 1 saturated carbocycles. The molecule has 0 aromatic carbocycles. The van der Waals surface area contributed by atoms with Gasteiger partial charge in [-0.3, -0.25) is 10.2 Å². The number of nitrogens with one attached hydrogen (secondary N) is 1. The van der Waals surface area contributed by atoms with Gasteiger partial charge in [0.15, 0.2) is 0 Å². The van der Waals surface area contributed by atoms with Crippen LogP contribution < -0.4 is 5.32 Å². The van der Waals surface area contributed by atoms with Crippen molar-refractivity contribution < 1.29 is 4.74 Å². The van der Waals surface area contributed by atoms with Crippen molar-refractivity contribution >= 4 is 0 Å². The number of hydrogen-bond donors (Lipinski definition) is 1. The summed E-state index contributed by atoms with van der Waals surface area (Å²) in [5, 5.41) is 13.1. The molecule has 18 heavy (non-hydrogen) atoms. The third-order valence-electron chi connectivity index (χ3n) is 3.70. The summed E-state index contributed by atoms with van der Waals surface area (Å²) in [6, 6.07) is 2.56. The van der Waals surface area contributed by atoms with Crippen LogP contribution >= 0.6 is 0 Å². The first-order chi connectivity index (χ1) is 8.72. The summed E-state index contributed by atoms with van der Waals surface area (Å²) in [6.45, 7) is 8.62. The zero-order chi connectivity index (χ0) is 13.4. The van der Waals surface area contributed by atoms with Gasteiger partial charge >= 0.3 is 0 Å². The Morgan fingerprint density at radius 3 is 2.61 bits per heavy atom. The van der Waals surface area contributed by atoms with E-state index in [2.05, 4.69) is 30.1 Å². The second-order valence-electron chi connectivity index (χ2n) is 5.15. The van der Waals surface area contributed by atoms with Crippen molar-refractivity contribution in [1.29, 1.82) is 5.26 Å². The lowest BCUT2D eigenvalue weighted by atomic mass is 9.93. The molecule has 1 fully saturated rings. The Balaban J connectivity index is 2.61. The largest absolute Gasteiger partial charge is 0.383 e. The highest BCUT2D eigenvalue weighted by molar-refractivity contribution is 5.16. The number of rotatable bonds is 10. The minimum absolute atomic E-state index is 0.347. The van der Waals surface area contributed by atoms with Gasteiger partial charge in [0.05, 0.1) is 12.7 Å². The lowest BCUT2D eigenvalue weighted by Crippen LogP contribution is -2.55. The van der Waals surface area contributed by atoms with E-state index in [0.29, 0.717) is 5.92 Å². The minimum Gasteiger partial charge on any atom is -0.383 e. The van der Waals surface area contributed by atoms with E-state index in [0.717, 1.165) is 39.2 Å². The van der Waals surface area contributed by atoms with Gasteiger partial charge in [-0.15, -0.1) is 0 Å². The molecule has 0 bridgehead atoms. The smallest absolute Gasteiger partial charge is 0.122 e. The van der Waals surface area contributed by atoms with E-state index in [1.807, 2.05) is 0 Å². The van der Waals surface area contributed by atoms with Gasteiger partial charge < -0.3 is 4.74 Å². The number of methoxy groups -OCH3 is 1. The molecule has 0 aliphatic heterocycles. The molecule has 0 amide bonds. The lowest BCUT2D eigenvalue weighted by Gasteiger charge is -2.34. The molecule has 4 heteroatoms. The number of likely N-dealkylation sites (N-methyl/N-ethyl adjacent to an activating group) is 1. The van der Waals surface area contributed by atoms with Gasteiger partial charge in [-0.05, 0) is 38.3 Å². The fraction of sp³-hybridized carbons (Fsp3) is 0.929. The number of nitrogens with zero attached hydrogens (tertiary/aromatic N) is 2. The molecule has 0 radical (unpaired) electrons. The molecule has 104 valence electrons. The summed E-state index contributed by atoms with van der Waals surface area (Å²) >= 11 is 0. The first-order valence-corrected chi connectivity index (χ1v) is 7.10. The Morgan fingerprint density at radius 2 is 2.17 bits per heavy atom. The molecule has 1 rings (SSSR count). The van der Waals surface area contributed by atoms with Gasteiger partial charge in [0.2, 0.25) is 0 Å². The highest BCUT2D eigenvalue weighted by Gasteiger charge is 2.46. The Labute approximate surface area is 111 Å². The number of ether oxygens (including phenoxy) is 1. The SMILES string of the molecule is CCCNC(C#N)(CN(CC)CCOC)C1CC1. The summed E-state index contributed by atoms with van der Waals surface area (Å²) in [5.74, 6) is 0.533. The monoisotopic (exact) mass is 253 g/mol. The van der Waals surface area contributed by atoms with Crippen LogP contribution in [0.15, 0.2) is 0 Å². The van der Waals surface area contributed by atoms with Crippen LogP contribution in [-0.2, 0) is 4.74 Å². The van der Waals surface area contributed by atoms with Crippen LogP contribution in [0.5, 0.6) is 0 Å². The predicted molar refractivity (Wildman–Crippen MR) is 73.4 cm³/mol. The lowest BCUT2D eigenvalue weighted by molar-refractivity contribution is 0.131. The van der Waals surface area contributed by atoms with Gasteiger partial charge in [-0.2, -0.15) is 5.26 Å². The maximum absolute atomic E-state index is 9.61. The van der Waals surface area contributed by atoms with Gasteiger partial charge in [-0.1, -0.05) is 13.8 Å². The second kappa shape index (κ2) is 7.73. The van der Waals surface area contributed by atoms with Crippen molar-refractivity contribution in [2.24, 2.45) is 5.92 Å². The standard InChI is InChI=1S/C14H27N3O/c1-4-8-16-14(11-15,13-6-7-13)12-17(5-2)9-10-18-3/h13,16H,4-10,12H2,1-3H3. The van der Waals surface area contributed by atoms with Crippen molar-refractivity contribution in [1.82, 2.24) is 10.2 Å². The summed E-state index contributed by atoms with van der Waals surface area (Å²) in [5.41, 5.74) is -0.347. The zero-order valence-electron chi connectivity index (χ0n) is 12.0. The second-order valence-corrected chi connectivity index (χ2v) is 5.15. The van der Waals surface area contributed by atoms with Crippen LogP contribution in [0.2, 0.25) is 0 Å². The Bertz CT molecular complexity index is 273. The fourth-order valence-corrected chi connectivity index (χ4v) is 2.34. The van der Waals surface area contributed by atoms with Crippen LogP contribution in [0.4, 0.5) is 0 Å². The van der Waals surface area contributed by atoms with E-state index in [1.165, 1.54) is 12.8 Å². The molecule has 4 nitrogen and oxygen atoms in total. The average molecular weight is 253 g/mol. The van der Waals surface area contributed by atoms with Gasteiger partial charge in [0, 0.05) is 20.2 Å². The average Bonchev–Trinajstić information content (AvgIpc) is 3.23. The fourth-order valence-electron chi connectivity index (χ4n) is 2.34. The highest BCUT2D eigenvalue weighted by Crippen LogP contribution is 2.40. The molecule has 1 aliphatic rings. The molecule has 1 atom stereocenters. The molecule has 0 aromatic rings. The van der Waals surface area contributed by atoms with E-state index in [-0.39, 0.29) is 5.54 Å². The van der Waals surface area contributed by atoms with Crippen molar-refractivity contribution in [3.63, 3.8) is 0 Å². The molecule has 1 N–H and O–H groups in total. The maximum atomic E-state index is 9.61. The van der Waals surface area contributed by atoms with Crippen LogP contribution in [0, 0.1) is 17.2 Å². The van der Waals surface area contributed by atoms with Gasteiger partial charge in [0.25, 0.3) is 0 Å². The highest BCUT2D eigenvalue weighted by atomic mass is 16.5. The molecule has 0 spiro atoms.